The van der Waals surface area contributed by atoms with Gasteiger partial charge in [0.05, 0.1) is 18.1 Å². The summed E-state index contributed by atoms with van der Waals surface area (Å²) in [4.78, 5) is 18.3. The van der Waals surface area contributed by atoms with Gasteiger partial charge in [-0.1, -0.05) is 26.0 Å². The van der Waals surface area contributed by atoms with E-state index in [9.17, 15) is 9.90 Å². The SMILES string of the molecule is C/C=C\C(C)(N=C(CN1CCC(C)(C(=O)O)C1)C(=N)OC)C(C)C. The number of hydrogen-bond donors (Lipinski definition) is 2. The van der Waals surface area contributed by atoms with Gasteiger partial charge in [-0.3, -0.25) is 20.1 Å². The number of ether oxygens (including phenoxy) is 1. The van der Waals surface area contributed by atoms with Crippen LogP contribution in [0.15, 0.2) is 17.1 Å². The van der Waals surface area contributed by atoms with Crippen molar-refractivity contribution in [3.05, 3.63) is 12.2 Å². The van der Waals surface area contributed by atoms with Crippen molar-refractivity contribution in [2.45, 2.75) is 46.6 Å². The molecule has 1 fully saturated rings. The lowest BCUT2D eigenvalue weighted by atomic mass is 9.88. The molecule has 136 valence electrons. The van der Waals surface area contributed by atoms with Crippen LogP contribution in [0.1, 0.15) is 41.0 Å². The Labute approximate surface area is 145 Å². The van der Waals surface area contributed by atoms with E-state index in [-0.39, 0.29) is 11.8 Å². The fourth-order valence-electron chi connectivity index (χ4n) is 2.84. The molecule has 2 atom stereocenters. The van der Waals surface area contributed by atoms with Crippen LogP contribution in [0.3, 0.4) is 0 Å². The predicted molar refractivity (Wildman–Crippen MR) is 97.0 cm³/mol. The third-order valence-electron chi connectivity index (χ3n) is 4.96. The fraction of sp³-hybridized carbons (Fsp3) is 0.722. The molecule has 0 aromatic carbocycles. The van der Waals surface area contributed by atoms with Crippen LogP contribution in [-0.4, -0.2) is 59.9 Å². The minimum absolute atomic E-state index is 0.0373. The molecule has 0 aromatic rings. The smallest absolute Gasteiger partial charge is 0.310 e. The molecule has 6 heteroatoms. The predicted octanol–water partition coefficient (Wildman–Crippen LogP) is 2.84. The van der Waals surface area contributed by atoms with E-state index in [0.29, 0.717) is 31.8 Å². The molecule has 2 N–H and O–H groups in total. The van der Waals surface area contributed by atoms with E-state index in [4.69, 9.17) is 15.1 Å². The fourth-order valence-corrected chi connectivity index (χ4v) is 2.84. The normalized spacial score (nSPS) is 25.2. The number of rotatable bonds is 7. The standard InChI is InChI=1S/C18H31N3O3/c1-7-8-18(5,13(2)3)20-14(15(19)24-6)11-21-10-9-17(4,12-21)16(22)23/h7-8,13,19H,9-12H2,1-6H3,(H,22,23)/b8-7-,19-15?,20-14?. The molecule has 0 aliphatic carbocycles. The van der Waals surface area contributed by atoms with Crippen molar-refractivity contribution < 1.29 is 14.6 Å². The lowest BCUT2D eigenvalue weighted by Gasteiger charge is -2.28. The van der Waals surface area contributed by atoms with Crippen LogP contribution in [0.4, 0.5) is 0 Å². The number of carboxylic acid groups (broad SMARTS) is 1. The van der Waals surface area contributed by atoms with E-state index in [1.165, 1.54) is 7.11 Å². The molecule has 6 nitrogen and oxygen atoms in total. The Hall–Kier alpha value is -1.69. The van der Waals surface area contributed by atoms with Crippen molar-refractivity contribution in [1.29, 1.82) is 5.41 Å². The molecule has 1 aliphatic rings. The monoisotopic (exact) mass is 337 g/mol. The largest absolute Gasteiger partial charge is 0.481 e. The van der Waals surface area contributed by atoms with Crippen LogP contribution in [0.5, 0.6) is 0 Å². The second-order valence-electron chi connectivity index (χ2n) is 7.30. The summed E-state index contributed by atoms with van der Waals surface area (Å²) in [6.07, 6.45) is 4.60. The topological polar surface area (TPSA) is 86.0 Å². The third-order valence-corrected chi connectivity index (χ3v) is 4.96. The molecule has 0 amide bonds. The zero-order valence-electron chi connectivity index (χ0n) is 15.7. The number of hydrogen-bond acceptors (Lipinski definition) is 5. The number of allylic oxidation sites excluding steroid dienone is 1. The molecule has 2 unspecified atom stereocenters. The minimum atomic E-state index is -0.772. The summed E-state index contributed by atoms with van der Waals surface area (Å²) in [5, 5.41) is 17.5. The van der Waals surface area contributed by atoms with Gasteiger partial charge in [0.15, 0.2) is 0 Å². The Morgan fingerprint density at radius 2 is 2.17 bits per heavy atom. The van der Waals surface area contributed by atoms with Gasteiger partial charge in [0, 0.05) is 13.1 Å². The summed E-state index contributed by atoms with van der Waals surface area (Å²) < 4.78 is 5.11. The lowest BCUT2D eigenvalue weighted by molar-refractivity contribution is -0.147. The molecular formula is C18H31N3O3. The van der Waals surface area contributed by atoms with Gasteiger partial charge in [0.2, 0.25) is 5.90 Å². The number of nitrogens with one attached hydrogen (secondary N) is 1. The van der Waals surface area contributed by atoms with Crippen molar-refractivity contribution >= 4 is 17.6 Å². The van der Waals surface area contributed by atoms with Gasteiger partial charge < -0.3 is 9.84 Å². The van der Waals surface area contributed by atoms with E-state index in [0.717, 1.165) is 0 Å². The minimum Gasteiger partial charge on any atom is -0.481 e. The van der Waals surface area contributed by atoms with E-state index < -0.39 is 16.9 Å². The number of methoxy groups -OCH3 is 1. The van der Waals surface area contributed by atoms with Crippen molar-refractivity contribution in [2.24, 2.45) is 16.3 Å². The lowest BCUT2D eigenvalue weighted by Crippen LogP contribution is -2.38. The van der Waals surface area contributed by atoms with Gasteiger partial charge in [0.25, 0.3) is 0 Å². The highest BCUT2D eigenvalue weighted by Crippen LogP contribution is 2.30. The maximum atomic E-state index is 11.4. The molecule has 0 saturated carbocycles. The highest BCUT2D eigenvalue weighted by Gasteiger charge is 2.41. The summed E-state index contributed by atoms with van der Waals surface area (Å²) in [7, 11) is 1.46. The molecule has 1 saturated heterocycles. The van der Waals surface area contributed by atoms with Crippen molar-refractivity contribution in [3.8, 4) is 0 Å². The number of likely N-dealkylation sites (tertiary alicyclic amines) is 1. The second kappa shape index (κ2) is 7.92. The van der Waals surface area contributed by atoms with Crippen LogP contribution < -0.4 is 0 Å². The average Bonchev–Trinajstić information content (AvgIpc) is 2.88. The highest BCUT2D eigenvalue weighted by molar-refractivity contribution is 6.38. The maximum Gasteiger partial charge on any atom is 0.310 e. The molecular weight excluding hydrogens is 306 g/mol. The first kappa shape index (κ1) is 20.4. The second-order valence-corrected chi connectivity index (χ2v) is 7.30. The Kier molecular flexibility index (Phi) is 6.72. The average molecular weight is 337 g/mol. The number of aliphatic carboxylic acids is 1. The number of carboxylic acids is 1. The summed E-state index contributed by atoms with van der Waals surface area (Å²) in [5.74, 6) is -0.474. The first-order valence-electron chi connectivity index (χ1n) is 8.39. The number of nitrogens with zero attached hydrogens (tertiary/aromatic N) is 2. The van der Waals surface area contributed by atoms with E-state index >= 15 is 0 Å². The van der Waals surface area contributed by atoms with Crippen LogP contribution in [0.2, 0.25) is 0 Å². The summed E-state index contributed by atoms with van der Waals surface area (Å²) in [5.41, 5.74) is -0.600. The van der Waals surface area contributed by atoms with Gasteiger partial charge >= 0.3 is 5.97 Å². The van der Waals surface area contributed by atoms with Gasteiger partial charge in [-0.15, -0.1) is 0 Å². The quantitative estimate of drug-likeness (QED) is 0.425. The molecule has 1 aliphatic heterocycles. The van der Waals surface area contributed by atoms with E-state index in [1.807, 2.05) is 30.9 Å². The van der Waals surface area contributed by atoms with Crippen molar-refractivity contribution in [1.82, 2.24) is 4.90 Å². The summed E-state index contributed by atoms with van der Waals surface area (Å²) in [6, 6.07) is 0. The Morgan fingerprint density at radius 1 is 1.54 bits per heavy atom. The molecule has 1 rings (SSSR count). The van der Waals surface area contributed by atoms with Gasteiger partial charge in [-0.2, -0.15) is 0 Å². The number of aliphatic imine (C=N–C) groups is 1. The third kappa shape index (κ3) is 4.66. The first-order valence-corrected chi connectivity index (χ1v) is 8.39. The Bertz CT molecular complexity index is 542. The Balaban J connectivity index is 3.05. The van der Waals surface area contributed by atoms with Gasteiger partial charge in [0.1, 0.15) is 5.71 Å². The summed E-state index contributed by atoms with van der Waals surface area (Å²) >= 11 is 0. The first-order chi connectivity index (χ1) is 11.1. The molecule has 0 radical (unpaired) electrons. The molecule has 0 aromatic heterocycles. The molecule has 0 bridgehead atoms. The van der Waals surface area contributed by atoms with Crippen LogP contribution in [-0.2, 0) is 9.53 Å². The van der Waals surface area contributed by atoms with Crippen molar-refractivity contribution in [3.63, 3.8) is 0 Å². The zero-order chi connectivity index (χ0) is 18.5. The molecule has 24 heavy (non-hydrogen) atoms. The maximum absolute atomic E-state index is 11.4. The summed E-state index contributed by atoms with van der Waals surface area (Å²) in [6.45, 7) is 11.5. The van der Waals surface area contributed by atoms with Crippen molar-refractivity contribution in [2.75, 3.05) is 26.7 Å². The van der Waals surface area contributed by atoms with Crippen LogP contribution >= 0.6 is 0 Å². The zero-order valence-corrected chi connectivity index (χ0v) is 15.7. The van der Waals surface area contributed by atoms with E-state index in [1.54, 1.807) is 6.92 Å². The molecule has 1 heterocycles. The number of carbonyl (C=O) groups is 1. The van der Waals surface area contributed by atoms with Crippen LogP contribution in [0.25, 0.3) is 0 Å². The molecule has 0 spiro atoms. The Morgan fingerprint density at radius 3 is 2.58 bits per heavy atom. The van der Waals surface area contributed by atoms with Gasteiger partial charge in [-0.05, 0) is 39.7 Å². The van der Waals surface area contributed by atoms with Crippen LogP contribution in [0, 0.1) is 16.7 Å². The van der Waals surface area contributed by atoms with Gasteiger partial charge in [-0.25, -0.2) is 0 Å². The van der Waals surface area contributed by atoms with E-state index in [2.05, 4.69) is 13.8 Å². The highest BCUT2D eigenvalue weighted by atomic mass is 16.5.